The Balaban J connectivity index is 0.00000180. The zero-order valence-electron chi connectivity index (χ0n) is 11.1. The molecule has 2 rings (SSSR count). The van der Waals surface area contributed by atoms with E-state index in [0.717, 1.165) is 0 Å². The molecule has 0 fully saturated rings. The monoisotopic (exact) mass is 245 g/mol. The molecular weight excluding hydrogens is 223 g/mol. The molecule has 2 aromatic rings. The maximum absolute atomic E-state index is 2.25. The first-order valence-electron chi connectivity index (χ1n) is 6.88. The summed E-state index contributed by atoms with van der Waals surface area (Å²) >= 11 is 0. The molecule has 2 aromatic carbocycles. The topological polar surface area (TPSA) is 0 Å². The van der Waals surface area contributed by atoms with Crippen molar-refractivity contribution < 1.29 is 0 Å². The molecule has 0 spiro atoms. The van der Waals surface area contributed by atoms with Crippen LogP contribution in [0.4, 0.5) is 0 Å². The van der Waals surface area contributed by atoms with E-state index in [1.165, 1.54) is 42.7 Å². The van der Waals surface area contributed by atoms with E-state index in [1.807, 2.05) is 0 Å². The van der Waals surface area contributed by atoms with Crippen molar-refractivity contribution in [2.24, 2.45) is 0 Å². The normalized spacial score (nSPS) is 10.2. The van der Waals surface area contributed by atoms with Crippen LogP contribution in [0.25, 0.3) is 0 Å². The van der Waals surface area contributed by atoms with Gasteiger partial charge < -0.3 is 0 Å². The molecule has 1 radical (unpaired) electrons. The summed E-state index contributed by atoms with van der Waals surface area (Å²) in [5.41, 5.74) is 2.72. The Morgan fingerprint density at radius 3 is 1.63 bits per heavy atom. The van der Waals surface area contributed by atoms with Gasteiger partial charge in [0.15, 0.2) is 0 Å². The molecule has 0 nitrogen and oxygen atoms in total. The number of benzene rings is 2. The Labute approximate surface area is 129 Å². The van der Waals surface area contributed by atoms with E-state index in [0.29, 0.717) is 0 Å². The third-order valence-corrected chi connectivity index (χ3v) is 3.27. The predicted octanol–water partition coefficient (Wildman–Crippen LogP) is 4.59. The SMILES string of the molecule is CCCCC[C](c1ccccc1)c1ccccc1.[LiH]. The summed E-state index contributed by atoms with van der Waals surface area (Å²) in [5, 5.41) is 0. The Morgan fingerprint density at radius 1 is 0.737 bits per heavy atom. The van der Waals surface area contributed by atoms with Gasteiger partial charge >= 0.3 is 18.9 Å². The van der Waals surface area contributed by atoms with Crippen LogP contribution in [0.3, 0.4) is 0 Å². The standard InChI is InChI=1S/C18H21.Li.H/c1-2-3-6-15-18(16-11-7-4-8-12-16)17-13-9-5-10-14-17;;/h4-5,7-14H,2-3,6,15H2,1H3;;. The number of hydrogen-bond acceptors (Lipinski definition) is 0. The van der Waals surface area contributed by atoms with Crippen molar-refractivity contribution >= 4 is 18.9 Å². The fourth-order valence-corrected chi connectivity index (χ4v) is 2.29. The molecule has 0 aliphatic carbocycles. The molecule has 0 unspecified atom stereocenters. The van der Waals surface area contributed by atoms with Gasteiger partial charge in [-0.15, -0.1) is 0 Å². The van der Waals surface area contributed by atoms with Crippen LogP contribution in [-0.4, -0.2) is 18.9 Å². The summed E-state index contributed by atoms with van der Waals surface area (Å²) < 4.78 is 0. The first-order chi connectivity index (χ1) is 8.92. The van der Waals surface area contributed by atoms with Gasteiger partial charge in [-0.2, -0.15) is 0 Å². The molecule has 95 valence electrons. The van der Waals surface area contributed by atoms with Crippen molar-refractivity contribution in [3.63, 3.8) is 0 Å². The molecule has 0 aliphatic heterocycles. The van der Waals surface area contributed by atoms with E-state index < -0.39 is 0 Å². The summed E-state index contributed by atoms with van der Waals surface area (Å²) in [7, 11) is 0. The number of rotatable bonds is 6. The molecule has 0 saturated carbocycles. The molecule has 0 amide bonds. The summed E-state index contributed by atoms with van der Waals surface area (Å²) in [6.45, 7) is 2.25. The first-order valence-corrected chi connectivity index (χ1v) is 6.88. The van der Waals surface area contributed by atoms with Gasteiger partial charge in [0.2, 0.25) is 0 Å². The van der Waals surface area contributed by atoms with Crippen LogP contribution in [0.1, 0.15) is 43.7 Å². The van der Waals surface area contributed by atoms with Crippen LogP contribution < -0.4 is 0 Å². The Bertz CT molecular complexity index is 396. The average molecular weight is 245 g/mol. The summed E-state index contributed by atoms with van der Waals surface area (Å²) in [6, 6.07) is 21.5. The zero-order chi connectivity index (χ0) is 12.6. The molecule has 0 heterocycles. The molecular formula is C18H22Li. The minimum atomic E-state index is 0. The van der Waals surface area contributed by atoms with E-state index in [9.17, 15) is 0 Å². The van der Waals surface area contributed by atoms with Crippen molar-refractivity contribution in [2.75, 3.05) is 0 Å². The van der Waals surface area contributed by atoms with Gasteiger partial charge in [0.1, 0.15) is 0 Å². The van der Waals surface area contributed by atoms with E-state index >= 15 is 0 Å². The molecule has 0 atom stereocenters. The van der Waals surface area contributed by atoms with E-state index in [4.69, 9.17) is 0 Å². The maximum atomic E-state index is 2.25. The molecule has 0 bridgehead atoms. The van der Waals surface area contributed by atoms with Crippen LogP contribution in [0.15, 0.2) is 60.7 Å². The third-order valence-electron chi connectivity index (χ3n) is 3.27. The van der Waals surface area contributed by atoms with Crippen molar-refractivity contribution in [1.82, 2.24) is 0 Å². The van der Waals surface area contributed by atoms with Crippen molar-refractivity contribution in [3.05, 3.63) is 77.7 Å². The molecule has 0 aromatic heterocycles. The fourth-order valence-electron chi connectivity index (χ4n) is 2.29. The third kappa shape index (κ3) is 4.90. The van der Waals surface area contributed by atoms with E-state index in [2.05, 4.69) is 67.6 Å². The second-order valence-corrected chi connectivity index (χ2v) is 4.67. The van der Waals surface area contributed by atoms with Crippen molar-refractivity contribution in [1.29, 1.82) is 0 Å². The summed E-state index contributed by atoms with van der Waals surface area (Å²) in [4.78, 5) is 0. The van der Waals surface area contributed by atoms with Gasteiger partial charge in [0.25, 0.3) is 0 Å². The average Bonchev–Trinajstić information content (AvgIpc) is 2.46. The minimum absolute atomic E-state index is 0. The van der Waals surface area contributed by atoms with Gasteiger partial charge in [0.05, 0.1) is 0 Å². The Hall–Kier alpha value is -0.963. The van der Waals surface area contributed by atoms with Crippen LogP contribution >= 0.6 is 0 Å². The van der Waals surface area contributed by atoms with Gasteiger partial charge in [-0.05, 0) is 17.5 Å². The van der Waals surface area contributed by atoms with Crippen LogP contribution in [0.5, 0.6) is 0 Å². The van der Waals surface area contributed by atoms with E-state index in [1.54, 1.807) is 0 Å². The van der Waals surface area contributed by atoms with Crippen LogP contribution in [0, 0.1) is 5.92 Å². The first kappa shape index (κ1) is 16.1. The summed E-state index contributed by atoms with van der Waals surface area (Å²) in [5.74, 6) is 1.48. The molecule has 1 heteroatoms. The molecule has 0 aliphatic rings. The van der Waals surface area contributed by atoms with Crippen LogP contribution in [0.2, 0.25) is 0 Å². The van der Waals surface area contributed by atoms with Gasteiger partial charge in [-0.1, -0.05) is 86.8 Å². The molecule has 19 heavy (non-hydrogen) atoms. The predicted molar refractivity (Wildman–Crippen MR) is 85.6 cm³/mol. The quantitative estimate of drug-likeness (QED) is 0.516. The van der Waals surface area contributed by atoms with Gasteiger partial charge in [-0.25, -0.2) is 0 Å². The Kier molecular flexibility index (Phi) is 7.64. The number of hydrogen-bond donors (Lipinski definition) is 0. The summed E-state index contributed by atoms with van der Waals surface area (Å²) in [6.07, 6.45) is 5.03. The van der Waals surface area contributed by atoms with E-state index in [-0.39, 0.29) is 18.9 Å². The van der Waals surface area contributed by atoms with Crippen molar-refractivity contribution in [2.45, 2.75) is 32.6 Å². The second-order valence-electron chi connectivity index (χ2n) is 4.67. The van der Waals surface area contributed by atoms with Gasteiger partial charge in [-0.3, -0.25) is 0 Å². The Morgan fingerprint density at radius 2 is 1.21 bits per heavy atom. The van der Waals surface area contributed by atoms with Crippen LogP contribution in [-0.2, 0) is 0 Å². The fraction of sp³-hybridized carbons (Fsp3) is 0.278. The number of unbranched alkanes of at least 4 members (excludes halogenated alkanes) is 2. The molecule has 0 N–H and O–H groups in total. The van der Waals surface area contributed by atoms with Crippen molar-refractivity contribution in [3.8, 4) is 0 Å². The zero-order valence-corrected chi connectivity index (χ0v) is 11.1. The second kappa shape index (κ2) is 9.02. The molecule has 0 saturated heterocycles. The van der Waals surface area contributed by atoms with Gasteiger partial charge in [0, 0.05) is 5.92 Å².